The number of benzene rings is 1. The number of nitrogens with zero attached hydrogens (tertiary/aromatic N) is 4. The maximum atomic E-state index is 13.2. The maximum absolute atomic E-state index is 13.2. The van der Waals surface area contributed by atoms with Gasteiger partial charge in [0, 0.05) is 18.7 Å². The first-order chi connectivity index (χ1) is 12.9. The van der Waals surface area contributed by atoms with Crippen LogP contribution in [0.3, 0.4) is 0 Å². The largest absolute Gasteiger partial charge is 0.368 e. The average molecular weight is 369 g/mol. The minimum atomic E-state index is -0.816. The summed E-state index contributed by atoms with van der Waals surface area (Å²) in [6.07, 6.45) is 1.67. The first-order valence-electron chi connectivity index (χ1n) is 8.54. The van der Waals surface area contributed by atoms with E-state index in [1.54, 1.807) is 24.4 Å². The van der Waals surface area contributed by atoms with Gasteiger partial charge < -0.3 is 5.73 Å². The van der Waals surface area contributed by atoms with Gasteiger partial charge in [-0.15, -0.1) is 0 Å². The topological polar surface area (TPSA) is 93.1 Å². The average Bonchev–Trinajstić information content (AvgIpc) is 3.07. The molecule has 1 aromatic heterocycles. The molecule has 0 bridgehead atoms. The number of halogens is 1. The van der Waals surface area contributed by atoms with E-state index in [4.69, 9.17) is 5.73 Å². The molecule has 0 radical (unpaired) electrons. The van der Waals surface area contributed by atoms with Crippen molar-refractivity contribution in [3.05, 3.63) is 60.0 Å². The standard InChI is InChI=1S/C19H20FN5O2/c1-12(2)22-17-5-3-4-10-24(17)19(27)15-11-16(18(21)26)25(23-15)14-8-6-13(20)7-9-14/h3-10,12,16H,11H2,1-2H3,(H2,21,26). The van der Waals surface area contributed by atoms with Crippen LogP contribution >= 0.6 is 0 Å². The third-order valence-corrected chi connectivity index (χ3v) is 4.02. The molecule has 1 unspecified atom stereocenters. The van der Waals surface area contributed by atoms with Gasteiger partial charge >= 0.3 is 0 Å². The van der Waals surface area contributed by atoms with E-state index in [1.807, 2.05) is 13.8 Å². The Morgan fingerprint density at radius 2 is 1.93 bits per heavy atom. The lowest BCUT2D eigenvalue weighted by Gasteiger charge is -2.20. The molecule has 1 aliphatic heterocycles. The van der Waals surface area contributed by atoms with Gasteiger partial charge in [0.25, 0.3) is 5.91 Å². The molecular weight excluding hydrogens is 349 g/mol. The van der Waals surface area contributed by atoms with E-state index in [1.165, 1.54) is 33.8 Å². The van der Waals surface area contributed by atoms with Gasteiger partial charge in [-0.25, -0.2) is 4.39 Å². The number of rotatable bonds is 4. The van der Waals surface area contributed by atoms with Crippen molar-refractivity contribution in [3.8, 4) is 0 Å². The number of hydrogen-bond acceptors (Lipinski definition) is 5. The molecule has 2 N–H and O–H groups in total. The van der Waals surface area contributed by atoms with Crippen molar-refractivity contribution in [2.24, 2.45) is 15.8 Å². The van der Waals surface area contributed by atoms with Crippen LogP contribution in [0.15, 0.2) is 58.8 Å². The Kier molecular flexibility index (Phi) is 5.16. The fourth-order valence-corrected chi connectivity index (χ4v) is 2.81. The Bertz CT molecular complexity index is 963. The molecular formula is C19H20FN5O2. The number of nitrogens with two attached hydrogens (primary N) is 1. The molecule has 140 valence electrons. The molecule has 7 nitrogen and oxygen atoms in total. The number of amides is 1. The smallest absolute Gasteiger partial charge is 0.279 e. The minimum absolute atomic E-state index is 0.00560. The Morgan fingerprint density at radius 1 is 1.22 bits per heavy atom. The molecule has 27 heavy (non-hydrogen) atoms. The first-order valence-corrected chi connectivity index (χ1v) is 8.54. The molecule has 8 heteroatoms. The summed E-state index contributed by atoms with van der Waals surface area (Å²) in [6.45, 7) is 3.82. The number of primary amides is 1. The maximum Gasteiger partial charge on any atom is 0.279 e. The van der Waals surface area contributed by atoms with Crippen LogP contribution in [-0.4, -0.2) is 34.2 Å². The molecule has 2 aromatic rings. The summed E-state index contributed by atoms with van der Waals surface area (Å²) < 4.78 is 14.6. The molecule has 1 atom stereocenters. The van der Waals surface area contributed by atoms with E-state index in [0.717, 1.165) is 0 Å². The summed E-state index contributed by atoms with van der Waals surface area (Å²) in [5.74, 6) is -1.41. The number of hydrogen-bond donors (Lipinski definition) is 1. The molecule has 0 saturated carbocycles. The molecule has 1 aromatic carbocycles. The second-order valence-electron chi connectivity index (χ2n) is 6.45. The van der Waals surface area contributed by atoms with E-state index >= 15 is 0 Å². The van der Waals surface area contributed by atoms with E-state index in [-0.39, 0.29) is 24.1 Å². The summed E-state index contributed by atoms with van der Waals surface area (Å²) in [5, 5.41) is 5.66. The van der Waals surface area contributed by atoms with Crippen molar-refractivity contribution in [2.45, 2.75) is 32.4 Å². The minimum Gasteiger partial charge on any atom is -0.368 e. The van der Waals surface area contributed by atoms with Gasteiger partial charge in [-0.05, 0) is 50.2 Å². The Balaban J connectivity index is 2.00. The lowest BCUT2D eigenvalue weighted by molar-refractivity contribution is -0.119. The Morgan fingerprint density at radius 3 is 2.56 bits per heavy atom. The number of carbonyl (C=O) groups excluding carboxylic acids is 2. The van der Waals surface area contributed by atoms with Crippen molar-refractivity contribution < 1.29 is 14.0 Å². The van der Waals surface area contributed by atoms with E-state index in [2.05, 4.69) is 10.1 Å². The molecule has 0 aliphatic carbocycles. The Hall–Kier alpha value is -3.29. The quantitative estimate of drug-likeness (QED) is 0.889. The van der Waals surface area contributed by atoms with Gasteiger partial charge in [0.2, 0.25) is 5.91 Å². The molecule has 0 spiro atoms. The highest BCUT2D eigenvalue weighted by molar-refractivity contribution is 6.41. The van der Waals surface area contributed by atoms with Crippen molar-refractivity contribution in [1.29, 1.82) is 0 Å². The fraction of sp³-hybridized carbons (Fsp3) is 0.263. The van der Waals surface area contributed by atoms with Crippen molar-refractivity contribution in [3.63, 3.8) is 0 Å². The van der Waals surface area contributed by atoms with Gasteiger partial charge in [0.15, 0.2) is 0 Å². The number of aromatic nitrogens is 1. The van der Waals surface area contributed by atoms with Gasteiger partial charge in [-0.2, -0.15) is 5.10 Å². The molecule has 1 amide bonds. The molecule has 3 rings (SSSR count). The van der Waals surface area contributed by atoms with Gasteiger partial charge in [-0.3, -0.25) is 24.2 Å². The van der Waals surface area contributed by atoms with E-state index in [0.29, 0.717) is 11.2 Å². The molecule has 0 saturated heterocycles. The molecule has 0 fully saturated rings. The van der Waals surface area contributed by atoms with Crippen LogP contribution in [0.25, 0.3) is 0 Å². The molecule has 2 heterocycles. The van der Waals surface area contributed by atoms with Crippen molar-refractivity contribution in [2.75, 3.05) is 5.01 Å². The number of anilines is 1. The van der Waals surface area contributed by atoms with Crippen LogP contribution in [0.1, 0.15) is 25.1 Å². The second kappa shape index (κ2) is 7.53. The van der Waals surface area contributed by atoms with Crippen LogP contribution in [-0.2, 0) is 4.79 Å². The predicted molar refractivity (Wildman–Crippen MR) is 99.7 cm³/mol. The van der Waals surface area contributed by atoms with Crippen LogP contribution in [0, 0.1) is 5.82 Å². The number of carbonyl (C=O) groups is 2. The summed E-state index contributed by atoms with van der Waals surface area (Å²) in [5.41, 5.74) is 6.64. The monoisotopic (exact) mass is 369 g/mol. The predicted octanol–water partition coefficient (Wildman–Crippen LogP) is 1.70. The number of hydrazone groups is 1. The SMILES string of the molecule is CC(C)N=c1ccccn1C(=O)C1=NN(c2ccc(F)cc2)C(C(N)=O)C1. The van der Waals surface area contributed by atoms with Crippen molar-refractivity contribution >= 4 is 23.2 Å². The first kappa shape index (κ1) is 18.5. The van der Waals surface area contributed by atoms with Gasteiger partial charge in [-0.1, -0.05) is 6.07 Å². The highest BCUT2D eigenvalue weighted by Gasteiger charge is 2.35. The fourth-order valence-electron chi connectivity index (χ4n) is 2.81. The summed E-state index contributed by atoms with van der Waals surface area (Å²) in [7, 11) is 0. The highest BCUT2D eigenvalue weighted by Crippen LogP contribution is 2.25. The summed E-state index contributed by atoms with van der Waals surface area (Å²) >= 11 is 0. The zero-order valence-electron chi connectivity index (χ0n) is 15.0. The van der Waals surface area contributed by atoms with Crippen molar-refractivity contribution in [1.82, 2.24) is 4.57 Å². The van der Waals surface area contributed by atoms with Crippen LogP contribution in [0.5, 0.6) is 0 Å². The third-order valence-electron chi connectivity index (χ3n) is 4.02. The lowest BCUT2D eigenvalue weighted by atomic mass is 10.1. The lowest BCUT2D eigenvalue weighted by Crippen LogP contribution is -2.39. The van der Waals surface area contributed by atoms with E-state index in [9.17, 15) is 14.0 Å². The van der Waals surface area contributed by atoms with Crippen LogP contribution in [0.4, 0.5) is 10.1 Å². The zero-order valence-corrected chi connectivity index (χ0v) is 15.0. The third kappa shape index (κ3) is 3.94. The highest BCUT2D eigenvalue weighted by atomic mass is 19.1. The van der Waals surface area contributed by atoms with Crippen LogP contribution in [0.2, 0.25) is 0 Å². The molecule has 1 aliphatic rings. The van der Waals surface area contributed by atoms with Gasteiger partial charge in [0.1, 0.15) is 23.1 Å². The zero-order chi connectivity index (χ0) is 19.6. The summed E-state index contributed by atoms with van der Waals surface area (Å²) in [4.78, 5) is 29.3. The van der Waals surface area contributed by atoms with E-state index < -0.39 is 17.8 Å². The second-order valence-corrected chi connectivity index (χ2v) is 6.45. The number of pyridine rings is 1. The summed E-state index contributed by atoms with van der Waals surface area (Å²) in [6, 6.07) is 9.91. The van der Waals surface area contributed by atoms with Crippen LogP contribution < -0.4 is 16.2 Å². The Labute approximate surface area is 155 Å². The normalized spacial score (nSPS) is 17.3. The van der Waals surface area contributed by atoms with Gasteiger partial charge in [0.05, 0.1) is 5.69 Å².